The maximum absolute atomic E-state index is 10.1. The van der Waals surface area contributed by atoms with Crippen LogP contribution in [0.2, 0.25) is 0 Å². The molecule has 2 rings (SSSR count). The van der Waals surface area contributed by atoms with Crippen molar-refractivity contribution in [1.29, 1.82) is 0 Å². The van der Waals surface area contributed by atoms with Gasteiger partial charge in [-0.05, 0) is 37.4 Å². The van der Waals surface area contributed by atoms with Crippen LogP contribution < -0.4 is 9.47 Å². The van der Waals surface area contributed by atoms with Crippen LogP contribution in [0.3, 0.4) is 0 Å². The minimum absolute atomic E-state index is 0.297. The molecule has 1 aliphatic heterocycles. The zero-order valence-corrected chi connectivity index (χ0v) is 12.4. The number of para-hydroxylation sites is 2. The van der Waals surface area contributed by atoms with E-state index < -0.39 is 6.10 Å². The zero-order valence-electron chi connectivity index (χ0n) is 12.4. The quantitative estimate of drug-likeness (QED) is 0.866. The van der Waals surface area contributed by atoms with E-state index in [1.54, 1.807) is 7.11 Å². The predicted octanol–water partition coefficient (Wildman–Crippen LogP) is 2.17. The number of benzene rings is 1. The van der Waals surface area contributed by atoms with E-state index in [1.165, 1.54) is 12.8 Å². The standard InChI is InChI=1S/C16H25NO3/c1-13-6-5-9-17(10-13)11-14(18)12-20-16-8-4-3-7-15(16)19-2/h3-4,7-8,13-14,18H,5-6,9-12H2,1-2H3/t13-,14-/m1/s1. The minimum Gasteiger partial charge on any atom is -0.493 e. The number of aliphatic hydroxyl groups is 1. The van der Waals surface area contributed by atoms with Gasteiger partial charge in [0.1, 0.15) is 12.7 Å². The van der Waals surface area contributed by atoms with Crippen LogP contribution in [-0.4, -0.2) is 49.5 Å². The highest BCUT2D eigenvalue weighted by Gasteiger charge is 2.19. The fraction of sp³-hybridized carbons (Fsp3) is 0.625. The smallest absolute Gasteiger partial charge is 0.161 e. The van der Waals surface area contributed by atoms with Gasteiger partial charge in [-0.25, -0.2) is 0 Å². The highest BCUT2D eigenvalue weighted by molar-refractivity contribution is 5.39. The number of nitrogens with zero attached hydrogens (tertiary/aromatic N) is 1. The Morgan fingerprint density at radius 2 is 2.10 bits per heavy atom. The van der Waals surface area contributed by atoms with Gasteiger partial charge in [-0.1, -0.05) is 19.1 Å². The predicted molar refractivity (Wildman–Crippen MR) is 79.3 cm³/mol. The Labute approximate surface area is 121 Å². The fourth-order valence-electron chi connectivity index (χ4n) is 2.73. The number of methoxy groups -OCH3 is 1. The van der Waals surface area contributed by atoms with E-state index in [2.05, 4.69) is 11.8 Å². The van der Waals surface area contributed by atoms with Crippen LogP contribution in [0.4, 0.5) is 0 Å². The number of ether oxygens (including phenoxy) is 2. The first-order valence-electron chi connectivity index (χ1n) is 7.35. The van der Waals surface area contributed by atoms with Crippen LogP contribution in [0.5, 0.6) is 11.5 Å². The Kier molecular flexibility index (Phi) is 5.68. The molecule has 1 saturated heterocycles. The van der Waals surface area contributed by atoms with Gasteiger partial charge in [0.2, 0.25) is 0 Å². The number of likely N-dealkylation sites (tertiary alicyclic amines) is 1. The van der Waals surface area contributed by atoms with Crippen molar-refractivity contribution in [3.05, 3.63) is 24.3 Å². The molecule has 1 fully saturated rings. The van der Waals surface area contributed by atoms with Crippen molar-refractivity contribution < 1.29 is 14.6 Å². The van der Waals surface area contributed by atoms with Gasteiger partial charge in [-0.15, -0.1) is 0 Å². The van der Waals surface area contributed by atoms with E-state index in [1.807, 2.05) is 24.3 Å². The van der Waals surface area contributed by atoms with Crippen LogP contribution in [-0.2, 0) is 0 Å². The van der Waals surface area contributed by atoms with Gasteiger partial charge >= 0.3 is 0 Å². The molecule has 0 spiro atoms. The Hall–Kier alpha value is -1.26. The van der Waals surface area contributed by atoms with Crippen molar-refractivity contribution in [2.24, 2.45) is 5.92 Å². The third-order valence-electron chi connectivity index (χ3n) is 3.71. The van der Waals surface area contributed by atoms with E-state index in [-0.39, 0.29) is 0 Å². The third kappa shape index (κ3) is 4.39. The van der Waals surface area contributed by atoms with Gasteiger partial charge in [0.15, 0.2) is 11.5 Å². The van der Waals surface area contributed by atoms with E-state index >= 15 is 0 Å². The van der Waals surface area contributed by atoms with Gasteiger partial charge in [-0.2, -0.15) is 0 Å². The summed E-state index contributed by atoms with van der Waals surface area (Å²) < 4.78 is 10.9. The lowest BCUT2D eigenvalue weighted by Crippen LogP contribution is -2.41. The normalized spacial score (nSPS) is 21.4. The Balaban J connectivity index is 1.78. The van der Waals surface area contributed by atoms with Crippen LogP contribution >= 0.6 is 0 Å². The second-order valence-corrected chi connectivity index (χ2v) is 5.62. The summed E-state index contributed by atoms with van der Waals surface area (Å²) in [6.45, 7) is 5.40. The number of piperidine rings is 1. The van der Waals surface area contributed by atoms with Crippen LogP contribution in [0.15, 0.2) is 24.3 Å². The summed E-state index contributed by atoms with van der Waals surface area (Å²) in [5, 5.41) is 10.1. The minimum atomic E-state index is -0.467. The Morgan fingerprint density at radius 3 is 2.80 bits per heavy atom. The summed E-state index contributed by atoms with van der Waals surface area (Å²) in [6, 6.07) is 7.51. The van der Waals surface area contributed by atoms with Gasteiger partial charge in [0.05, 0.1) is 7.11 Å². The van der Waals surface area contributed by atoms with E-state index in [0.29, 0.717) is 24.7 Å². The lowest BCUT2D eigenvalue weighted by molar-refractivity contribution is 0.0530. The molecule has 1 aromatic carbocycles. The second kappa shape index (κ2) is 7.50. The average molecular weight is 279 g/mol. The van der Waals surface area contributed by atoms with E-state index in [0.717, 1.165) is 19.0 Å². The van der Waals surface area contributed by atoms with Crippen molar-refractivity contribution >= 4 is 0 Å². The average Bonchev–Trinajstić information content (AvgIpc) is 2.45. The summed E-state index contributed by atoms with van der Waals surface area (Å²) in [5.74, 6) is 2.11. The van der Waals surface area contributed by atoms with Crippen LogP contribution in [0.1, 0.15) is 19.8 Å². The van der Waals surface area contributed by atoms with E-state index in [4.69, 9.17) is 9.47 Å². The number of hydrogen-bond donors (Lipinski definition) is 1. The fourth-order valence-corrected chi connectivity index (χ4v) is 2.73. The summed E-state index contributed by atoms with van der Waals surface area (Å²) in [5.41, 5.74) is 0. The molecule has 0 amide bonds. The van der Waals surface area contributed by atoms with Gasteiger partial charge in [-0.3, -0.25) is 0 Å². The molecule has 2 atom stereocenters. The van der Waals surface area contributed by atoms with Gasteiger partial charge < -0.3 is 19.5 Å². The highest BCUT2D eigenvalue weighted by atomic mass is 16.5. The third-order valence-corrected chi connectivity index (χ3v) is 3.71. The number of aliphatic hydroxyl groups excluding tert-OH is 1. The molecule has 4 nitrogen and oxygen atoms in total. The highest BCUT2D eigenvalue weighted by Crippen LogP contribution is 2.25. The van der Waals surface area contributed by atoms with Crippen molar-refractivity contribution in [2.45, 2.75) is 25.9 Å². The SMILES string of the molecule is COc1ccccc1OC[C@H](O)CN1CCC[C@@H](C)C1. The van der Waals surface area contributed by atoms with Crippen molar-refractivity contribution in [3.63, 3.8) is 0 Å². The molecule has 0 bridgehead atoms. The van der Waals surface area contributed by atoms with Crippen molar-refractivity contribution in [3.8, 4) is 11.5 Å². The zero-order chi connectivity index (χ0) is 14.4. The summed E-state index contributed by atoms with van der Waals surface area (Å²) in [7, 11) is 1.62. The topological polar surface area (TPSA) is 41.9 Å². The van der Waals surface area contributed by atoms with Crippen molar-refractivity contribution in [1.82, 2.24) is 4.90 Å². The molecule has 0 unspecified atom stereocenters. The molecular formula is C16H25NO3. The largest absolute Gasteiger partial charge is 0.493 e. The van der Waals surface area contributed by atoms with Crippen LogP contribution in [0.25, 0.3) is 0 Å². The first-order valence-corrected chi connectivity index (χ1v) is 7.35. The molecular weight excluding hydrogens is 254 g/mol. The van der Waals surface area contributed by atoms with E-state index in [9.17, 15) is 5.11 Å². The monoisotopic (exact) mass is 279 g/mol. The molecule has 1 aliphatic rings. The molecule has 0 aliphatic carbocycles. The van der Waals surface area contributed by atoms with Crippen LogP contribution in [0, 0.1) is 5.92 Å². The maximum atomic E-state index is 10.1. The number of β-amino-alcohol motifs (C(OH)–C–C–N with tert-alkyl or cyclic N) is 1. The van der Waals surface area contributed by atoms with Crippen molar-refractivity contribution in [2.75, 3.05) is 33.4 Å². The lowest BCUT2D eigenvalue weighted by atomic mass is 10.0. The summed E-state index contributed by atoms with van der Waals surface area (Å²) >= 11 is 0. The summed E-state index contributed by atoms with van der Waals surface area (Å²) in [6.07, 6.45) is 2.05. The molecule has 1 N–H and O–H groups in total. The molecule has 1 heterocycles. The maximum Gasteiger partial charge on any atom is 0.161 e. The molecule has 0 radical (unpaired) electrons. The second-order valence-electron chi connectivity index (χ2n) is 5.62. The molecule has 0 aromatic heterocycles. The Bertz CT molecular complexity index is 410. The molecule has 112 valence electrons. The molecule has 4 heteroatoms. The number of hydrogen-bond acceptors (Lipinski definition) is 4. The first-order chi connectivity index (χ1) is 9.69. The first kappa shape index (κ1) is 15.1. The number of rotatable bonds is 6. The molecule has 20 heavy (non-hydrogen) atoms. The Morgan fingerprint density at radius 1 is 1.35 bits per heavy atom. The molecule has 1 aromatic rings. The molecule has 0 saturated carbocycles. The lowest BCUT2D eigenvalue weighted by Gasteiger charge is -2.32. The van der Waals surface area contributed by atoms with Gasteiger partial charge in [0, 0.05) is 13.1 Å². The van der Waals surface area contributed by atoms with Gasteiger partial charge in [0.25, 0.3) is 0 Å². The summed E-state index contributed by atoms with van der Waals surface area (Å²) in [4.78, 5) is 2.32.